The first-order chi connectivity index (χ1) is 9.49. The van der Waals surface area contributed by atoms with Gasteiger partial charge in [-0.1, -0.05) is 26.8 Å². The van der Waals surface area contributed by atoms with Gasteiger partial charge in [0.05, 0.1) is 6.61 Å². The summed E-state index contributed by atoms with van der Waals surface area (Å²) >= 11 is 0. The largest absolute Gasteiger partial charge is 0.417 e. The fourth-order valence-electron chi connectivity index (χ4n) is 2.35. The summed E-state index contributed by atoms with van der Waals surface area (Å²) in [6.07, 6.45) is 5.57. The van der Waals surface area contributed by atoms with Gasteiger partial charge >= 0.3 is 0 Å². The molecule has 0 saturated heterocycles. The van der Waals surface area contributed by atoms with E-state index >= 15 is 0 Å². The van der Waals surface area contributed by atoms with Crippen molar-refractivity contribution in [3.63, 3.8) is 0 Å². The molecular formula is C16H34O3Si2. The maximum atomic E-state index is 9.36. The van der Waals surface area contributed by atoms with Crippen molar-refractivity contribution in [1.82, 2.24) is 0 Å². The second-order valence-corrected chi connectivity index (χ2v) is 16.8. The maximum absolute atomic E-state index is 9.36. The average molecular weight is 331 g/mol. The van der Waals surface area contributed by atoms with Gasteiger partial charge < -0.3 is 14.0 Å². The van der Waals surface area contributed by atoms with E-state index in [0.29, 0.717) is 6.10 Å². The van der Waals surface area contributed by atoms with Crippen molar-refractivity contribution in [3.05, 3.63) is 11.3 Å². The van der Waals surface area contributed by atoms with E-state index in [-0.39, 0.29) is 11.6 Å². The van der Waals surface area contributed by atoms with E-state index in [1.54, 1.807) is 0 Å². The Kier molecular flexibility index (Phi) is 6.45. The molecule has 1 aliphatic rings. The lowest BCUT2D eigenvalue weighted by Crippen LogP contribution is -2.43. The first kappa shape index (κ1) is 19.1. The van der Waals surface area contributed by atoms with E-state index < -0.39 is 16.6 Å². The summed E-state index contributed by atoms with van der Waals surface area (Å²) in [5, 5.41) is 10.8. The van der Waals surface area contributed by atoms with E-state index in [4.69, 9.17) is 8.85 Å². The third-order valence-corrected chi connectivity index (χ3v) is 12.3. The fourth-order valence-corrected chi connectivity index (χ4v) is 5.62. The second kappa shape index (κ2) is 7.09. The number of rotatable bonds is 6. The maximum Gasteiger partial charge on any atom is 0.216 e. The Morgan fingerprint density at radius 2 is 2.00 bits per heavy atom. The molecule has 1 aliphatic heterocycles. The molecule has 0 aliphatic carbocycles. The molecule has 5 heteroatoms. The van der Waals surface area contributed by atoms with E-state index in [9.17, 15) is 5.11 Å². The molecule has 0 aromatic rings. The Labute approximate surface area is 133 Å². The molecule has 0 amide bonds. The Morgan fingerprint density at radius 3 is 2.48 bits per heavy atom. The van der Waals surface area contributed by atoms with Crippen LogP contribution in [0.4, 0.5) is 0 Å². The molecule has 0 unspecified atom stereocenters. The molecule has 1 atom stereocenters. The predicted octanol–water partition coefficient (Wildman–Crippen LogP) is 4.24. The zero-order chi connectivity index (χ0) is 16.3. The number of hydrogen-bond acceptors (Lipinski definition) is 3. The molecule has 0 fully saturated rings. The summed E-state index contributed by atoms with van der Waals surface area (Å²) in [5.74, 6) is 0. The van der Waals surface area contributed by atoms with E-state index in [2.05, 4.69) is 53.0 Å². The Morgan fingerprint density at radius 1 is 1.38 bits per heavy atom. The van der Waals surface area contributed by atoms with Gasteiger partial charge in [0, 0.05) is 12.7 Å². The topological polar surface area (TPSA) is 38.7 Å². The van der Waals surface area contributed by atoms with Crippen molar-refractivity contribution < 1.29 is 14.0 Å². The zero-order valence-electron chi connectivity index (χ0n) is 15.0. The lowest BCUT2D eigenvalue weighted by molar-refractivity contribution is 0.162. The molecule has 0 saturated carbocycles. The predicted molar refractivity (Wildman–Crippen MR) is 94.5 cm³/mol. The van der Waals surface area contributed by atoms with Crippen molar-refractivity contribution in [1.29, 1.82) is 0 Å². The molecule has 3 nitrogen and oxygen atoms in total. The van der Waals surface area contributed by atoms with Gasteiger partial charge in [0.25, 0.3) is 0 Å². The molecule has 1 heterocycles. The molecular weight excluding hydrogens is 296 g/mol. The molecule has 21 heavy (non-hydrogen) atoms. The quantitative estimate of drug-likeness (QED) is 0.585. The minimum absolute atomic E-state index is 0.153. The van der Waals surface area contributed by atoms with Gasteiger partial charge in [-0.15, -0.1) is 0 Å². The van der Waals surface area contributed by atoms with Crippen LogP contribution in [0.2, 0.25) is 31.2 Å². The molecule has 0 bridgehead atoms. The van der Waals surface area contributed by atoms with Gasteiger partial charge in [-0.2, -0.15) is 0 Å². The minimum Gasteiger partial charge on any atom is -0.417 e. The molecule has 1 rings (SSSR count). The summed E-state index contributed by atoms with van der Waals surface area (Å²) in [6, 6.07) is 0. The van der Waals surface area contributed by atoms with Gasteiger partial charge in [0.1, 0.15) is 0 Å². The van der Waals surface area contributed by atoms with Crippen LogP contribution in [0.1, 0.15) is 40.0 Å². The molecule has 0 spiro atoms. The molecule has 124 valence electrons. The SMILES string of the molecule is CC(C)(C)[Si](C)(C)OCCC[C@@H]1CC=C(CO)[Si](C)(C)O1. The highest BCUT2D eigenvalue weighted by molar-refractivity contribution is 6.78. The summed E-state index contributed by atoms with van der Waals surface area (Å²) < 4.78 is 12.5. The van der Waals surface area contributed by atoms with Gasteiger partial charge in [0.2, 0.25) is 8.32 Å². The van der Waals surface area contributed by atoms with Crippen LogP contribution in [0.3, 0.4) is 0 Å². The van der Waals surface area contributed by atoms with Crippen LogP contribution in [0.5, 0.6) is 0 Å². The number of aliphatic hydroxyl groups excluding tert-OH is 1. The molecule has 0 aromatic heterocycles. The standard InChI is InChI=1S/C16H34O3Si2/c1-16(2,3)21(6,7)18-12-8-9-14-10-11-15(13-17)20(4,5)19-14/h11,14,17H,8-10,12-13H2,1-7H3/t14-/m1/s1. The first-order valence-corrected chi connectivity index (χ1v) is 13.9. The number of aliphatic hydroxyl groups is 1. The van der Waals surface area contributed by atoms with Crippen molar-refractivity contribution in [3.8, 4) is 0 Å². The van der Waals surface area contributed by atoms with Crippen molar-refractivity contribution in [2.45, 2.75) is 77.4 Å². The van der Waals surface area contributed by atoms with Crippen LogP contribution in [-0.4, -0.2) is 41.1 Å². The van der Waals surface area contributed by atoms with Crippen LogP contribution in [0, 0.1) is 0 Å². The third kappa shape index (κ3) is 5.32. The van der Waals surface area contributed by atoms with Crippen LogP contribution < -0.4 is 0 Å². The van der Waals surface area contributed by atoms with E-state index in [1.165, 1.54) is 0 Å². The smallest absolute Gasteiger partial charge is 0.216 e. The van der Waals surface area contributed by atoms with Crippen LogP contribution in [-0.2, 0) is 8.85 Å². The number of hydrogen-bond donors (Lipinski definition) is 1. The normalized spacial score (nSPS) is 23.0. The summed E-state index contributed by atoms with van der Waals surface area (Å²) in [6.45, 7) is 16.8. The van der Waals surface area contributed by atoms with Gasteiger partial charge in [-0.25, -0.2) is 0 Å². The zero-order valence-corrected chi connectivity index (χ0v) is 17.0. The highest BCUT2D eigenvalue weighted by atomic mass is 28.4. The summed E-state index contributed by atoms with van der Waals surface area (Å²) in [4.78, 5) is 0. The second-order valence-electron chi connectivity index (χ2n) is 8.12. The summed E-state index contributed by atoms with van der Waals surface area (Å²) in [5.41, 5.74) is 0. The fraction of sp³-hybridized carbons (Fsp3) is 0.875. The molecule has 0 aromatic carbocycles. The van der Waals surface area contributed by atoms with Gasteiger partial charge in [-0.3, -0.25) is 0 Å². The minimum atomic E-state index is -1.83. The Balaban J connectivity index is 2.37. The third-order valence-electron chi connectivity index (χ3n) is 4.97. The van der Waals surface area contributed by atoms with E-state index in [0.717, 1.165) is 31.1 Å². The van der Waals surface area contributed by atoms with Crippen LogP contribution >= 0.6 is 0 Å². The Hall–Kier alpha value is 0.0538. The van der Waals surface area contributed by atoms with Crippen LogP contribution in [0.25, 0.3) is 0 Å². The summed E-state index contributed by atoms with van der Waals surface area (Å²) in [7, 11) is -3.44. The van der Waals surface area contributed by atoms with Crippen LogP contribution in [0.15, 0.2) is 11.3 Å². The first-order valence-electron chi connectivity index (χ1n) is 8.12. The van der Waals surface area contributed by atoms with E-state index in [1.807, 2.05) is 0 Å². The average Bonchev–Trinajstić information content (AvgIpc) is 2.32. The highest BCUT2D eigenvalue weighted by Crippen LogP contribution is 2.36. The van der Waals surface area contributed by atoms with Gasteiger partial charge in [-0.05, 0) is 55.7 Å². The Bertz CT molecular complexity index is 370. The lowest BCUT2D eigenvalue weighted by Gasteiger charge is -2.37. The molecule has 0 radical (unpaired) electrons. The monoisotopic (exact) mass is 330 g/mol. The van der Waals surface area contributed by atoms with Crippen molar-refractivity contribution in [2.24, 2.45) is 0 Å². The van der Waals surface area contributed by atoms with Crippen molar-refractivity contribution >= 4 is 16.6 Å². The van der Waals surface area contributed by atoms with Gasteiger partial charge in [0.15, 0.2) is 8.32 Å². The lowest BCUT2D eigenvalue weighted by atomic mass is 10.1. The van der Waals surface area contributed by atoms with Crippen molar-refractivity contribution in [2.75, 3.05) is 13.2 Å². The molecule has 1 N–H and O–H groups in total. The highest BCUT2D eigenvalue weighted by Gasteiger charge is 2.37.